The lowest BCUT2D eigenvalue weighted by Crippen LogP contribution is -2.19. The monoisotopic (exact) mass is 185 g/mol. The zero-order valence-electron chi connectivity index (χ0n) is 6.78. The van der Waals surface area contributed by atoms with Crippen molar-refractivity contribution in [2.75, 3.05) is 7.05 Å². The molecule has 12 heavy (non-hydrogen) atoms. The van der Waals surface area contributed by atoms with Crippen molar-refractivity contribution in [1.29, 1.82) is 0 Å². The van der Waals surface area contributed by atoms with Crippen LogP contribution in [0.4, 0.5) is 0 Å². The molecular weight excluding hydrogens is 174 g/mol. The van der Waals surface area contributed by atoms with Crippen LogP contribution in [0.3, 0.4) is 0 Å². The number of amides is 1. The summed E-state index contributed by atoms with van der Waals surface area (Å²) in [5.41, 5.74) is 0. The van der Waals surface area contributed by atoms with Crippen molar-refractivity contribution in [2.45, 2.75) is 12.5 Å². The molecule has 0 saturated heterocycles. The minimum Gasteiger partial charge on any atom is -0.387 e. The van der Waals surface area contributed by atoms with E-state index in [1.807, 2.05) is 17.5 Å². The van der Waals surface area contributed by atoms with Crippen LogP contribution >= 0.6 is 11.3 Å². The Kier molecular flexibility index (Phi) is 3.25. The van der Waals surface area contributed by atoms with E-state index < -0.39 is 6.10 Å². The summed E-state index contributed by atoms with van der Waals surface area (Å²) in [5, 5.41) is 13.8. The lowest BCUT2D eigenvalue weighted by molar-refractivity contribution is -0.122. The van der Waals surface area contributed by atoms with Crippen molar-refractivity contribution in [3.8, 4) is 0 Å². The molecule has 0 saturated carbocycles. The molecule has 0 fully saturated rings. The van der Waals surface area contributed by atoms with Gasteiger partial charge in [0.05, 0.1) is 12.5 Å². The van der Waals surface area contributed by atoms with E-state index in [4.69, 9.17) is 0 Å². The van der Waals surface area contributed by atoms with E-state index in [2.05, 4.69) is 5.32 Å². The van der Waals surface area contributed by atoms with Crippen LogP contribution in [0.2, 0.25) is 0 Å². The number of hydrogen-bond donors (Lipinski definition) is 2. The van der Waals surface area contributed by atoms with Crippen molar-refractivity contribution in [3.05, 3.63) is 22.4 Å². The zero-order chi connectivity index (χ0) is 8.97. The van der Waals surface area contributed by atoms with Crippen LogP contribution in [0, 0.1) is 0 Å². The SMILES string of the molecule is CNC(=O)CC(O)c1cccs1. The van der Waals surface area contributed by atoms with Crippen molar-refractivity contribution in [1.82, 2.24) is 5.32 Å². The predicted molar refractivity (Wildman–Crippen MR) is 48.0 cm³/mol. The minimum absolute atomic E-state index is 0.136. The van der Waals surface area contributed by atoms with E-state index in [1.54, 1.807) is 7.05 Å². The maximum Gasteiger partial charge on any atom is 0.222 e. The van der Waals surface area contributed by atoms with Gasteiger partial charge in [-0.25, -0.2) is 0 Å². The first kappa shape index (κ1) is 9.22. The van der Waals surface area contributed by atoms with Gasteiger partial charge in [0.2, 0.25) is 5.91 Å². The Morgan fingerprint density at radius 1 is 1.83 bits per heavy atom. The van der Waals surface area contributed by atoms with Crippen molar-refractivity contribution in [2.24, 2.45) is 0 Å². The third kappa shape index (κ3) is 2.32. The van der Waals surface area contributed by atoms with Crippen LogP contribution in [-0.4, -0.2) is 18.1 Å². The second-order valence-corrected chi connectivity index (χ2v) is 3.39. The molecule has 0 aliphatic heterocycles. The first-order chi connectivity index (χ1) is 5.74. The minimum atomic E-state index is -0.662. The highest BCUT2D eigenvalue weighted by atomic mass is 32.1. The molecule has 0 bridgehead atoms. The third-order valence-electron chi connectivity index (χ3n) is 1.53. The number of thiophene rings is 1. The smallest absolute Gasteiger partial charge is 0.222 e. The molecule has 1 amide bonds. The number of rotatable bonds is 3. The zero-order valence-corrected chi connectivity index (χ0v) is 7.60. The van der Waals surface area contributed by atoms with Crippen LogP contribution < -0.4 is 5.32 Å². The Bertz CT molecular complexity index is 246. The van der Waals surface area contributed by atoms with Gasteiger partial charge in [-0.3, -0.25) is 4.79 Å². The molecule has 1 heterocycles. The van der Waals surface area contributed by atoms with Gasteiger partial charge in [-0.15, -0.1) is 11.3 Å². The van der Waals surface area contributed by atoms with Gasteiger partial charge in [0, 0.05) is 11.9 Å². The topological polar surface area (TPSA) is 49.3 Å². The van der Waals surface area contributed by atoms with Gasteiger partial charge < -0.3 is 10.4 Å². The number of hydrogen-bond acceptors (Lipinski definition) is 3. The molecule has 1 aromatic rings. The summed E-state index contributed by atoms with van der Waals surface area (Å²) in [5.74, 6) is -0.143. The summed E-state index contributed by atoms with van der Waals surface area (Å²) in [6, 6.07) is 3.67. The molecule has 0 aliphatic rings. The van der Waals surface area contributed by atoms with Gasteiger partial charge in [0.25, 0.3) is 0 Å². The summed E-state index contributed by atoms with van der Waals surface area (Å²) >= 11 is 1.45. The van der Waals surface area contributed by atoms with E-state index >= 15 is 0 Å². The summed E-state index contributed by atoms with van der Waals surface area (Å²) in [4.78, 5) is 11.7. The Labute approximate surface area is 75.0 Å². The third-order valence-corrected chi connectivity index (χ3v) is 2.50. The first-order valence-electron chi connectivity index (χ1n) is 3.66. The summed E-state index contributed by atoms with van der Waals surface area (Å²) < 4.78 is 0. The maximum absolute atomic E-state index is 10.9. The molecule has 0 aromatic carbocycles. The number of aliphatic hydroxyl groups is 1. The van der Waals surface area contributed by atoms with Crippen LogP contribution in [0.25, 0.3) is 0 Å². The highest BCUT2D eigenvalue weighted by Crippen LogP contribution is 2.21. The average Bonchev–Trinajstić information content (AvgIpc) is 2.56. The number of carbonyl (C=O) groups excluding carboxylic acids is 1. The van der Waals surface area contributed by atoms with Crippen molar-refractivity contribution < 1.29 is 9.90 Å². The Morgan fingerprint density at radius 3 is 3.08 bits per heavy atom. The molecule has 4 heteroatoms. The second kappa shape index (κ2) is 4.23. The van der Waals surface area contributed by atoms with Gasteiger partial charge in [-0.2, -0.15) is 0 Å². The van der Waals surface area contributed by atoms with Crippen LogP contribution in [0.5, 0.6) is 0 Å². The fourth-order valence-corrected chi connectivity index (χ4v) is 1.57. The number of carbonyl (C=O) groups is 1. The van der Waals surface area contributed by atoms with E-state index in [9.17, 15) is 9.90 Å². The molecule has 0 radical (unpaired) electrons. The summed E-state index contributed by atoms with van der Waals surface area (Å²) in [6.45, 7) is 0. The van der Waals surface area contributed by atoms with Crippen molar-refractivity contribution in [3.63, 3.8) is 0 Å². The highest BCUT2D eigenvalue weighted by molar-refractivity contribution is 7.10. The van der Waals surface area contributed by atoms with Crippen LogP contribution in [0.1, 0.15) is 17.4 Å². The van der Waals surface area contributed by atoms with Crippen LogP contribution in [-0.2, 0) is 4.79 Å². The second-order valence-electron chi connectivity index (χ2n) is 2.41. The lowest BCUT2D eigenvalue weighted by atomic mass is 10.2. The summed E-state index contributed by atoms with van der Waals surface area (Å²) in [6.07, 6.45) is -0.526. The van der Waals surface area contributed by atoms with E-state index in [0.29, 0.717) is 0 Å². The van der Waals surface area contributed by atoms with Gasteiger partial charge in [0.15, 0.2) is 0 Å². The molecule has 0 aliphatic carbocycles. The van der Waals surface area contributed by atoms with Gasteiger partial charge >= 0.3 is 0 Å². The first-order valence-corrected chi connectivity index (χ1v) is 4.54. The van der Waals surface area contributed by atoms with Gasteiger partial charge in [-0.1, -0.05) is 6.07 Å². The predicted octanol–water partition coefficient (Wildman–Crippen LogP) is 0.918. The van der Waals surface area contributed by atoms with Crippen LogP contribution in [0.15, 0.2) is 17.5 Å². The average molecular weight is 185 g/mol. The van der Waals surface area contributed by atoms with E-state index in [0.717, 1.165) is 4.88 Å². The number of aliphatic hydroxyl groups excluding tert-OH is 1. The largest absolute Gasteiger partial charge is 0.387 e. The molecule has 3 nitrogen and oxygen atoms in total. The molecule has 1 unspecified atom stereocenters. The summed E-state index contributed by atoms with van der Waals surface area (Å²) in [7, 11) is 1.56. The Hall–Kier alpha value is -0.870. The van der Waals surface area contributed by atoms with Gasteiger partial charge in [-0.05, 0) is 11.4 Å². The molecule has 2 N–H and O–H groups in total. The standard InChI is InChI=1S/C8H11NO2S/c1-9-8(11)5-6(10)7-3-2-4-12-7/h2-4,6,10H,5H2,1H3,(H,9,11). The fourth-order valence-electron chi connectivity index (χ4n) is 0.859. The molecule has 66 valence electrons. The maximum atomic E-state index is 10.9. The molecule has 1 atom stereocenters. The Balaban J connectivity index is 2.49. The quantitative estimate of drug-likeness (QED) is 0.735. The number of nitrogens with one attached hydrogen (secondary N) is 1. The fraction of sp³-hybridized carbons (Fsp3) is 0.375. The molecule has 1 rings (SSSR count). The normalized spacial score (nSPS) is 12.5. The highest BCUT2D eigenvalue weighted by Gasteiger charge is 2.11. The lowest BCUT2D eigenvalue weighted by Gasteiger charge is -2.05. The molecular formula is C8H11NO2S. The van der Waals surface area contributed by atoms with Gasteiger partial charge in [0.1, 0.15) is 0 Å². The molecule has 1 aromatic heterocycles. The van der Waals surface area contributed by atoms with Crippen molar-refractivity contribution >= 4 is 17.2 Å². The molecule has 0 spiro atoms. The van der Waals surface area contributed by atoms with E-state index in [-0.39, 0.29) is 12.3 Å². The Morgan fingerprint density at radius 2 is 2.58 bits per heavy atom. The van der Waals surface area contributed by atoms with E-state index in [1.165, 1.54) is 11.3 Å².